The molecule has 0 bridgehead atoms. The SMILES string of the molecule is C[C@H]1[C@H](O)CN1c1nc(N2C[C@@H]3[C@H](CC(=O)O)[C@@H]3C2)c(Cl)c(C(F)(F)F)c1C#N. The molecule has 2 N–H and O–H groups in total. The molecule has 2 aliphatic heterocycles. The number of pyridine rings is 1. The molecule has 1 saturated carbocycles. The van der Waals surface area contributed by atoms with Crippen molar-refractivity contribution in [1.82, 2.24) is 4.98 Å². The van der Waals surface area contributed by atoms with Crippen LogP contribution in [-0.2, 0) is 11.0 Å². The largest absolute Gasteiger partial charge is 0.481 e. The summed E-state index contributed by atoms with van der Waals surface area (Å²) in [4.78, 5) is 18.3. The molecule has 4 rings (SSSR count). The molecule has 0 spiro atoms. The summed E-state index contributed by atoms with van der Waals surface area (Å²) in [6.45, 7) is 2.46. The molecule has 1 aromatic rings. The van der Waals surface area contributed by atoms with Gasteiger partial charge in [-0.25, -0.2) is 4.98 Å². The Bertz CT molecular complexity index is 907. The van der Waals surface area contributed by atoms with Gasteiger partial charge in [0.25, 0.3) is 0 Å². The number of rotatable bonds is 4. The molecule has 0 amide bonds. The van der Waals surface area contributed by atoms with Crippen molar-refractivity contribution < 1.29 is 28.2 Å². The van der Waals surface area contributed by atoms with Gasteiger partial charge in [0.15, 0.2) is 5.82 Å². The van der Waals surface area contributed by atoms with Crippen LogP contribution < -0.4 is 9.80 Å². The Morgan fingerprint density at radius 3 is 2.38 bits per heavy atom. The van der Waals surface area contributed by atoms with Gasteiger partial charge in [0.1, 0.15) is 17.5 Å². The Morgan fingerprint density at radius 1 is 1.31 bits per heavy atom. The van der Waals surface area contributed by atoms with Crippen molar-refractivity contribution in [3.05, 3.63) is 16.1 Å². The normalized spacial score (nSPS) is 30.6. The van der Waals surface area contributed by atoms with Crippen molar-refractivity contribution in [1.29, 1.82) is 5.26 Å². The van der Waals surface area contributed by atoms with Crippen molar-refractivity contribution in [3.63, 3.8) is 0 Å². The maximum atomic E-state index is 13.8. The number of carbonyl (C=O) groups is 1. The van der Waals surface area contributed by atoms with Crippen LogP contribution in [0.3, 0.4) is 0 Å². The molecule has 0 aromatic carbocycles. The zero-order chi connectivity index (χ0) is 21.2. The topological polar surface area (TPSA) is 101 Å². The average molecular weight is 431 g/mol. The Balaban J connectivity index is 1.72. The maximum Gasteiger partial charge on any atom is 0.419 e. The van der Waals surface area contributed by atoms with Gasteiger partial charge in [-0.05, 0) is 24.7 Å². The van der Waals surface area contributed by atoms with E-state index in [-0.39, 0.29) is 42.4 Å². The Hall–Kier alpha value is -2.25. The number of carboxylic acids is 1. The zero-order valence-electron chi connectivity index (χ0n) is 15.3. The van der Waals surface area contributed by atoms with E-state index in [9.17, 15) is 28.3 Å². The van der Waals surface area contributed by atoms with Crippen molar-refractivity contribution in [2.24, 2.45) is 17.8 Å². The minimum absolute atomic E-state index is 0.0213. The molecule has 156 valence electrons. The number of aromatic nitrogens is 1. The number of carboxylic acid groups (broad SMARTS) is 1. The van der Waals surface area contributed by atoms with Gasteiger partial charge in [0, 0.05) is 26.1 Å². The molecule has 2 saturated heterocycles. The number of piperidine rings is 1. The Kier molecular flexibility index (Phi) is 4.59. The summed E-state index contributed by atoms with van der Waals surface area (Å²) in [6.07, 6.45) is -5.52. The number of aliphatic carboxylic acids is 1. The molecule has 0 radical (unpaired) electrons. The van der Waals surface area contributed by atoms with E-state index in [0.29, 0.717) is 13.1 Å². The first-order valence-electron chi connectivity index (χ1n) is 9.16. The number of hydrogen-bond acceptors (Lipinski definition) is 6. The standard InChI is InChI=1S/C18H18ClF3N4O3/c1-7-12(27)6-26(7)16-9(3-23)14(18(20,21)22)15(19)17(24-16)25-4-10-8(2-13(28)29)11(10)5-25/h7-8,10-12,27H,2,4-6H2,1H3,(H,28,29)/t7-,8-,10+,11-,12+/m0/s1. The van der Waals surface area contributed by atoms with Gasteiger partial charge in [-0.2, -0.15) is 18.4 Å². The number of nitriles is 1. The van der Waals surface area contributed by atoms with Crippen LogP contribution in [0, 0.1) is 29.1 Å². The van der Waals surface area contributed by atoms with Gasteiger partial charge < -0.3 is 20.0 Å². The third-order valence-electron chi connectivity index (χ3n) is 6.28. The number of anilines is 2. The molecule has 3 aliphatic rings. The van der Waals surface area contributed by atoms with Gasteiger partial charge in [0.05, 0.1) is 22.7 Å². The predicted octanol–water partition coefficient (Wildman–Crippen LogP) is 2.35. The van der Waals surface area contributed by atoms with E-state index in [4.69, 9.17) is 16.7 Å². The Morgan fingerprint density at radius 2 is 1.93 bits per heavy atom. The number of fused-ring (bicyclic) bond motifs is 1. The first-order chi connectivity index (χ1) is 13.5. The van der Waals surface area contributed by atoms with Crippen molar-refractivity contribution >= 4 is 29.2 Å². The first kappa shape index (κ1) is 20.0. The second kappa shape index (κ2) is 6.64. The van der Waals surface area contributed by atoms with Crippen LogP contribution in [-0.4, -0.2) is 52.9 Å². The fourth-order valence-electron chi connectivity index (χ4n) is 4.52. The highest BCUT2D eigenvalue weighted by molar-refractivity contribution is 6.34. The van der Waals surface area contributed by atoms with E-state index in [1.54, 1.807) is 17.9 Å². The van der Waals surface area contributed by atoms with E-state index >= 15 is 0 Å². The summed E-state index contributed by atoms with van der Waals surface area (Å²) in [6, 6.07) is 1.11. The second-order valence-corrected chi connectivity index (χ2v) is 8.27. The molecule has 3 fully saturated rings. The third-order valence-corrected chi connectivity index (χ3v) is 6.64. The number of β-amino-alcohol motifs (C(OH)–C–C–N with tert-alkyl or cyclic N) is 1. The molecule has 29 heavy (non-hydrogen) atoms. The molecule has 5 atom stereocenters. The first-order valence-corrected chi connectivity index (χ1v) is 9.54. The minimum Gasteiger partial charge on any atom is -0.481 e. The van der Waals surface area contributed by atoms with Crippen LogP contribution in [0.2, 0.25) is 5.02 Å². The predicted molar refractivity (Wildman–Crippen MR) is 96.7 cm³/mol. The lowest BCUT2D eigenvalue weighted by molar-refractivity contribution is -0.138. The lowest BCUT2D eigenvalue weighted by Crippen LogP contribution is -2.59. The smallest absolute Gasteiger partial charge is 0.419 e. The molecule has 7 nitrogen and oxygen atoms in total. The highest BCUT2D eigenvalue weighted by atomic mass is 35.5. The van der Waals surface area contributed by atoms with Crippen LogP contribution >= 0.6 is 11.6 Å². The molecule has 3 heterocycles. The molecule has 1 aliphatic carbocycles. The van der Waals surface area contributed by atoms with Crippen LogP contribution in [0.25, 0.3) is 0 Å². The van der Waals surface area contributed by atoms with Crippen molar-refractivity contribution in [3.8, 4) is 6.07 Å². The summed E-state index contributed by atoms with van der Waals surface area (Å²) in [5.41, 5.74) is -1.88. The van der Waals surface area contributed by atoms with E-state index in [1.165, 1.54) is 4.90 Å². The van der Waals surface area contributed by atoms with Crippen LogP contribution in [0.15, 0.2) is 0 Å². The highest BCUT2D eigenvalue weighted by Gasteiger charge is 2.57. The lowest BCUT2D eigenvalue weighted by Gasteiger charge is -2.45. The van der Waals surface area contributed by atoms with E-state index in [1.807, 2.05) is 0 Å². The van der Waals surface area contributed by atoms with Gasteiger partial charge in [0.2, 0.25) is 0 Å². The summed E-state index contributed by atoms with van der Waals surface area (Å²) in [5, 5.41) is 27.5. The van der Waals surface area contributed by atoms with Crippen LogP contribution in [0.1, 0.15) is 24.5 Å². The van der Waals surface area contributed by atoms with Gasteiger partial charge >= 0.3 is 12.1 Å². The summed E-state index contributed by atoms with van der Waals surface area (Å²) < 4.78 is 41.3. The lowest BCUT2D eigenvalue weighted by atomic mass is 9.99. The molecule has 11 heteroatoms. The van der Waals surface area contributed by atoms with Crippen molar-refractivity contribution in [2.45, 2.75) is 31.7 Å². The van der Waals surface area contributed by atoms with E-state index < -0.39 is 40.4 Å². The number of halogens is 4. The van der Waals surface area contributed by atoms with Gasteiger partial charge in [-0.1, -0.05) is 11.6 Å². The number of aliphatic hydroxyl groups excluding tert-OH is 1. The van der Waals surface area contributed by atoms with Crippen molar-refractivity contribution in [2.75, 3.05) is 29.4 Å². The van der Waals surface area contributed by atoms with Crippen LogP contribution in [0.4, 0.5) is 24.8 Å². The fourth-order valence-corrected chi connectivity index (χ4v) is 4.89. The average Bonchev–Trinajstić information content (AvgIpc) is 3.06. The molecular weight excluding hydrogens is 413 g/mol. The number of aliphatic hydroxyl groups is 1. The number of hydrogen-bond donors (Lipinski definition) is 2. The maximum absolute atomic E-state index is 13.8. The monoisotopic (exact) mass is 430 g/mol. The fraction of sp³-hybridized carbons (Fsp3) is 0.611. The summed E-state index contributed by atoms with van der Waals surface area (Å²) in [7, 11) is 0. The van der Waals surface area contributed by atoms with Gasteiger partial charge in [-0.15, -0.1) is 0 Å². The highest BCUT2D eigenvalue weighted by Crippen LogP contribution is 2.55. The van der Waals surface area contributed by atoms with E-state index in [0.717, 1.165) is 0 Å². The zero-order valence-corrected chi connectivity index (χ0v) is 16.1. The van der Waals surface area contributed by atoms with Gasteiger partial charge in [-0.3, -0.25) is 4.79 Å². The summed E-state index contributed by atoms with van der Waals surface area (Å²) in [5.74, 6) is -0.891. The third kappa shape index (κ3) is 3.16. The molecule has 1 aromatic heterocycles. The summed E-state index contributed by atoms with van der Waals surface area (Å²) >= 11 is 6.11. The number of nitrogens with zero attached hydrogens (tertiary/aromatic N) is 4. The van der Waals surface area contributed by atoms with Crippen LogP contribution in [0.5, 0.6) is 0 Å². The molecular formula is C18H18ClF3N4O3. The molecule has 0 unspecified atom stereocenters. The van der Waals surface area contributed by atoms with E-state index in [2.05, 4.69) is 4.98 Å². The second-order valence-electron chi connectivity index (χ2n) is 7.89. The minimum atomic E-state index is -4.85. The quantitative estimate of drug-likeness (QED) is 0.756. The Labute approximate surface area is 169 Å². The number of alkyl halides is 3.